The highest BCUT2D eigenvalue weighted by atomic mass is 16.5. The van der Waals surface area contributed by atoms with Crippen molar-refractivity contribution in [2.75, 3.05) is 18.6 Å². The van der Waals surface area contributed by atoms with E-state index in [1.165, 1.54) is 23.3 Å². The molecule has 1 aromatic heterocycles. The van der Waals surface area contributed by atoms with Crippen LogP contribution in [0.15, 0.2) is 84.4 Å². The molecule has 0 radical (unpaired) electrons. The van der Waals surface area contributed by atoms with Crippen LogP contribution in [0, 0.1) is 0 Å². The first-order valence-corrected chi connectivity index (χ1v) is 15.0. The van der Waals surface area contributed by atoms with Crippen LogP contribution in [-0.4, -0.2) is 47.4 Å². The van der Waals surface area contributed by atoms with Crippen LogP contribution >= 0.6 is 0 Å². The van der Waals surface area contributed by atoms with Crippen molar-refractivity contribution >= 4 is 34.4 Å². The highest BCUT2D eigenvalue weighted by molar-refractivity contribution is 6.22. The lowest BCUT2D eigenvalue weighted by atomic mass is 9.89. The molecule has 4 amide bonds. The number of urea groups is 1. The lowest BCUT2D eigenvalue weighted by Crippen LogP contribution is -2.44. The summed E-state index contributed by atoms with van der Waals surface area (Å²) in [6, 6.07) is 20.9. The van der Waals surface area contributed by atoms with Gasteiger partial charge in [0, 0.05) is 35.1 Å². The summed E-state index contributed by atoms with van der Waals surface area (Å²) in [5.74, 6) is 0.242. The van der Waals surface area contributed by atoms with E-state index in [1.54, 1.807) is 36.3 Å². The van der Waals surface area contributed by atoms with Crippen molar-refractivity contribution in [3.63, 3.8) is 0 Å². The molecule has 218 valence electrons. The molecular formula is C35H34N4O4. The molecule has 3 aliphatic rings. The van der Waals surface area contributed by atoms with Crippen molar-refractivity contribution in [2.24, 2.45) is 0 Å². The molecule has 0 spiro atoms. The summed E-state index contributed by atoms with van der Waals surface area (Å²) >= 11 is 0. The molecule has 2 atom stereocenters. The number of ether oxygens (including phenoxy) is 1. The number of nitrogens with zero attached hydrogens (tertiary/aromatic N) is 2. The van der Waals surface area contributed by atoms with Gasteiger partial charge in [0.1, 0.15) is 17.8 Å². The fourth-order valence-electron chi connectivity index (χ4n) is 6.80. The SMILES string of the molecule is COc1cccc([C@@H]2c3[nH]c4ccccc4c3C[C@H]3C(=O)N(c4ccc(C(=O)NCCC5=CCCCC5)cc4)C(=O)N23)c1. The molecule has 1 saturated heterocycles. The number of para-hydroxylation sites is 1. The number of rotatable bonds is 7. The number of hydrogen-bond donors (Lipinski definition) is 2. The molecule has 43 heavy (non-hydrogen) atoms. The molecule has 2 N–H and O–H groups in total. The topological polar surface area (TPSA) is 94.7 Å². The minimum atomic E-state index is -0.660. The van der Waals surface area contributed by atoms with Gasteiger partial charge in [-0.05, 0) is 85.7 Å². The van der Waals surface area contributed by atoms with Crippen LogP contribution in [0.3, 0.4) is 0 Å². The maximum absolute atomic E-state index is 14.1. The van der Waals surface area contributed by atoms with Gasteiger partial charge in [-0.3, -0.25) is 14.5 Å². The average Bonchev–Trinajstić information content (AvgIpc) is 3.54. The van der Waals surface area contributed by atoms with E-state index in [1.807, 2.05) is 42.5 Å². The van der Waals surface area contributed by atoms with Gasteiger partial charge in [0.15, 0.2) is 0 Å². The number of carbonyl (C=O) groups is 3. The van der Waals surface area contributed by atoms with Gasteiger partial charge >= 0.3 is 6.03 Å². The molecule has 3 aromatic carbocycles. The van der Waals surface area contributed by atoms with E-state index >= 15 is 0 Å². The fourth-order valence-corrected chi connectivity index (χ4v) is 6.80. The molecule has 2 aliphatic heterocycles. The summed E-state index contributed by atoms with van der Waals surface area (Å²) < 4.78 is 5.50. The first kappa shape index (κ1) is 27.0. The Bertz CT molecular complexity index is 1760. The number of nitrogens with one attached hydrogen (secondary N) is 2. The normalized spacial score (nSPS) is 19.7. The quantitative estimate of drug-likeness (QED) is 0.201. The van der Waals surface area contributed by atoms with Crippen molar-refractivity contribution in [2.45, 2.75) is 50.6 Å². The first-order valence-electron chi connectivity index (χ1n) is 15.0. The second-order valence-corrected chi connectivity index (χ2v) is 11.5. The number of H-pyrrole nitrogens is 1. The third kappa shape index (κ3) is 4.76. The number of amides is 4. The monoisotopic (exact) mass is 574 g/mol. The number of fused-ring (bicyclic) bond motifs is 4. The zero-order chi connectivity index (χ0) is 29.5. The van der Waals surface area contributed by atoms with E-state index in [0.29, 0.717) is 30.0 Å². The maximum atomic E-state index is 14.1. The largest absolute Gasteiger partial charge is 0.497 e. The number of methoxy groups -OCH3 is 1. The molecular weight excluding hydrogens is 540 g/mol. The second kappa shape index (κ2) is 11.1. The molecule has 0 unspecified atom stereocenters. The Balaban J connectivity index is 1.17. The minimum absolute atomic E-state index is 0.164. The number of aromatic nitrogens is 1. The van der Waals surface area contributed by atoms with Gasteiger partial charge in [0.25, 0.3) is 11.8 Å². The summed E-state index contributed by atoms with van der Waals surface area (Å²) in [5.41, 5.74) is 6.14. The number of aromatic amines is 1. The molecule has 1 aliphatic carbocycles. The lowest BCUT2D eigenvalue weighted by Gasteiger charge is -2.36. The Kier molecular flexibility index (Phi) is 6.97. The van der Waals surface area contributed by atoms with Crippen LogP contribution in [0.25, 0.3) is 10.9 Å². The first-order chi connectivity index (χ1) is 21.0. The predicted molar refractivity (Wildman–Crippen MR) is 165 cm³/mol. The van der Waals surface area contributed by atoms with Crippen LogP contribution in [0.5, 0.6) is 5.75 Å². The summed E-state index contributed by atoms with van der Waals surface area (Å²) in [6.07, 6.45) is 8.27. The van der Waals surface area contributed by atoms with Crippen LogP contribution < -0.4 is 15.0 Å². The summed E-state index contributed by atoms with van der Waals surface area (Å²) in [7, 11) is 1.61. The van der Waals surface area contributed by atoms with Gasteiger partial charge in [-0.15, -0.1) is 0 Å². The smallest absolute Gasteiger partial charge is 0.332 e. The summed E-state index contributed by atoms with van der Waals surface area (Å²) in [6.45, 7) is 0.590. The van der Waals surface area contributed by atoms with Crippen molar-refractivity contribution in [3.8, 4) is 5.75 Å². The van der Waals surface area contributed by atoms with Gasteiger partial charge in [0.2, 0.25) is 0 Å². The van der Waals surface area contributed by atoms with E-state index in [4.69, 9.17) is 4.74 Å². The van der Waals surface area contributed by atoms with Crippen molar-refractivity contribution < 1.29 is 19.1 Å². The Hall–Kier alpha value is -4.85. The third-order valence-electron chi connectivity index (χ3n) is 8.96. The number of benzene rings is 3. The molecule has 4 aromatic rings. The zero-order valence-electron chi connectivity index (χ0n) is 24.1. The van der Waals surface area contributed by atoms with E-state index in [2.05, 4.69) is 22.4 Å². The van der Waals surface area contributed by atoms with E-state index < -0.39 is 12.1 Å². The van der Waals surface area contributed by atoms with Crippen LogP contribution in [-0.2, 0) is 11.2 Å². The average molecular weight is 575 g/mol. The van der Waals surface area contributed by atoms with Gasteiger partial charge in [-0.2, -0.15) is 0 Å². The van der Waals surface area contributed by atoms with Gasteiger partial charge in [-0.25, -0.2) is 9.69 Å². The van der Waals surface area contributed by atoms with Crippen molar-refractivity contribution in [1.29, 1.82) is 0 Å². The Morgan fingerprint density at radius 3 is 2.65 bits per heavy atom. The van der Waals surface area contributed by atoms with Gasteiger partial charge < -0.3 is 15.0 Å². The second-order valence-electron chi connectivity index (χ2n) is 11.5. The van der Waals surface area contributed by atoms with E-state index in [9.17, 15) is 14.4 Å². The highest BCUT2D eigenvalue weighted by Crippen LogP contribution is 2.45. The number of hydrogen-bond acceptors (Lipinski definition) is 4. The number of carbonyl (C=O) groups excluding carboxylic acids is 3. The number of allylic oxidation sites excluding steroid dienone is 1. The maximum Gasteiger partial charge on any atom is 0.332 e. The number of imide groups is 1. The Morgan fingerprint density at radius 1 is 1.02 bits per heavy atom. The molecule has 0 saturated carbocycles. The Labute approximate surface area is 250 Å². The number of anilines is 1. The van der Waals surface area contributed by atoms with Crippen LogP contribution in [0.1, 0.15) is 65.3 Å². The van der Waals surface area contributed by atoms with Gasteiger partial charge in [-0.1, -0.05) is 42.0 Å². The molecule has 8 heteroatoms. The lowest BCUT2D eigenvalue weighted by molar-refractivity contribution is -0.120. The van der Waals surface area contributed by atoms with Crippen LogP contribution in [0.2, 0.25) is 0 Å². The zero-order valence-corrected chi connectivity index (χ0v) is 24.1. The fraction of sp³-hybridized carbons (Fsp3) is 0.286. The molecule has 0 bridgehead atoms. The highest BCUT2D eigenvalue weighted by Gasteiger charge is 2.53. The molecule has 1 fully saturated rings. The third-order valence-corrected chi connectivity index (χ3v) is 8.96. The summed E-state index contributed by atoms with van der Waals surface area (Å²) in [4.78, 5) is 47.4. The Morgan fingerprint density at radius 2 is 1.86 bits per heavy atom. The van der Waals surface area contributed by atoms with Crippen molar-refractivity contribution in [1.82, 2.24) is 15.2 Å². The standard InChI is InChI=1S/C35H34N4O4/c1-43-26-11-7-10-24(20-26)32-31-28(27-12-5-6-13-29(27)37-31)21-30-34(41)38(35(42)39(30)32)25-16-14-23(15-17-25)33(40)36-19-18-22-8-3-2-4-9-22/h5-8,10-17,20,30,32,37H,2-4,9,18-19,21H2,1H3,(H,36,40)/t30-,32+/m0/s1. The predicted octanol–water partition coefficient (Wildman–Crippen LogP) is 6.28. The minimum Gasteiger partial charge on any atom is -0.497 e. The van der Waals surface area contributed by atoms with E-state index in [0.717, 1.165) is 47.0 Å². The van der Waals surface area contributed by atoms with E-state index in [-0.39, 0.29) is 17.8 Å². The van der Waals surface area contributed by atoms with Crippen molar-refractivity contribution in [3.05, 3.63) is 107 Å². The molecule has 8 nitrogen and oxygen atoms in total. The van der Waals surface area contributed by atoms with Gasteiger partial charge in [0.05, 0.1) is 12.8 Å². The molecule has 7 rings (SSSR count). The summed E-state index contributed by atoms with van der Waals surface area (Å²) in [5, 5.41) is 4.05. The molecule has 3 heterocycles. The van der Waals surface area contributed by atoms with Crippen LogP contribution in [0.4, 0.5) is 10.5 Å².